The lowest BCUT2D eigenvalue weighted by Gasteiger charge is -2.24. The van der Waals surface area contributed by atoms with Gasteiger partial charge in [0.1, 0.15) is 5.75 Å². The van der Waals surface area contributed by atoms with E-state index in [-0.39, 0.29) is 11.6 Å². The second kappa shape index (κ2) is 8.73. The average Bonchev–Trinajstić information content (AvgIpc) is 3.23. The number of nitro groups is 1. The van der Waals surface area contributed by atoms with E-state index in [0.29, 0.717) is 18.7 Å². The average molecular weight is 383 g/mol. The summed E-state index contributed by atoms with van der Waals surface area (Å²) in [6.07, 6.45) is 2.12. The second-order valence-corrected chi connectivity index (χ2v) is 6.89. The third kappa shape index (κ3) is 4.42. The number of benzene rings is 2. The van der Waals surface area contributed by atoms with Crippen molar-refractivity contribution in [3.8, 4) is 5.75 Å². The van der Waals surface area contributed by atoms with Crippen LogP contribution >= 0.6 is 0 Å². The van der Waals surface area contributed by atoms with Gasteiger partial charge in [0.25, 0.3) is 11.6 Å². The summed E-state index contributed by atoms with van der Waals surface area (Å²) in [7, 11) is 1.71. The molecule has 7 nitrogen and oxygen atoms in total. The zero-order valence-electron chi connectivity index (χ0n) is 16.3. The molecule has 2 aromatic carbocycles. The number of carbonyl (C=O) groups is 1. The van der Waals surface area contributed by atoms with Gasteiger partial charge in [0.05, 0.1) is 22.8 Å². The molecule has 0 radical (unpaired) electrons. The molecule has 0 saturated carbocycles. The first-order chi connectivity index (χ1) is 13.5. The van der Waals surface area contributed by atoms with Crippen LogP contribution in [0.4, 0.5) is 11.4 Å². The molecule has 0 aromatic heterocycles. The third-order valence-corrected chi connectivity index (χ3v) is 4.87. The lowest BCUT2D eigenvalue weighted by molar-refractivity contribution is -0.384. The summed E-state index contributed by atoms with van der Waals surface area (Å²) in [5.74, 6) is 0.565. The molecule has 1 aliphatic rings. The van der Waals surface area contributed by atoms with Crippen molar-refractivity contribution in [3.63, 3.8) is 0 Å². The molecule has 1 heterocycles. The van der Waals surface area contributed by atoms with Gasteiger partial charge in [-0.3, -0.25) is 14.9 Å². The van der Waals surface area contributed by atoms with Crippen molar-refractivity contribution in [1.82, 2.24) is 4.90 Å². The van der Waals surface area contributed by atoms with Gasteiger partial charge in [-0.2, -0.15) is 0 Å². The zero-order chi connectivity index (χ0) is 20.1. The normalized spacial score (nSPS) is 13.4. The van der Waals surface area contributed by atoms with Crippen molar-refractivity contribution in [2.75, 3.05) is 31.6 Å². The molecule has 28 heavy (non-hydrogen) atoms. The Balaban J connectivity index is 1.82. The minimum Gasteiger partial charge on any atom is -0.494 e. The molecule has 7 heteroatoms. The molecule has 1 amide bonds. The van der Waals surface area contributed by atoms with Gasteiger partial charge in [0, 0.05) is 38.8 Å². The van der Waals surface area contributed by atoms with Gasteiger partial charge < -0.3 is 14.5 Å². The van der Waals surface area contributed by atoms with Gasteiger partial charge >= 0.3 is 0 Å². The predicted octanol–water partition coefficient (Wildman–Crippen LogP) is 3.87. The molecule has 148 valence electrons. The first kappa shape index (κ1) is 19.7. The molecule has 0 spiro atoms. The van der Waals surface area contributed by atoms with Gasteiger partial charge in [-0.1, -0.05) is 12.1 Å². The van der Waals surface area contributed by atoms with E-state index in [1.807, 2.05) is 31.2 Å². The second-order valence-electron chi connectivity index (χ2n) is 6.89. The van der Waals surface area contributed by atoms with Gasteiger partial charge in [0.15, 0.2) is 0 Å². The number of nitrogens with zero attached hydrogens (tertiary/aromatic N) is 3. The fourth-order valence-electron chi connectivity index (χ4n) is 3.45. The van der Waals surface area contributed by atoms with E-state index in [0.717, 1.165) is 42.9 Å². The van der Waals surface area contributed by atoms with Crippen LogP contribution in [0.2, 0.25) is 0 Å². The Labute approximate surface area is 164 Å². The highest BCUT2D eigenvalue weighted by molar-refractivity contribution is 6.00. The molecule has 0 aliphatic carbocycles. The molecule has 2 aromatic rings. The maximum absolute atomic E-state index is 13.1. The smallest absolute Gasteiger partial charge is 0.270 e. The number of rotatable bonds is 7. The number of hydrogen-bond acceptors (Lipinski definition) is 5. The largest absolute Gasteiger partial charge is 0.494 e. The molecule has 0 atom stereocenters. The quantitative estimate of drug-likeness (QED) is 0.536. The molecular formula is C21H25N3O4. The highest BCUT2D eigenvalue weighted by Gasteiger charge is 2.24. The maximum atomic E-state index is 13.1. The molecule has 1 aliphatic heterocycles. The zero-order valence-corrected chi connectivity index (χ0v) is 16.3. The van der Waals surface area contributed by atoms with E-state index in [2.05, 4.69) is 4.90 Å². The van der Waals surface area contributed by atoms with Crippen molar-refractivity contribution in [3.05, 3.63) is 63.7 Å². The number of carbonyl (C=O) groups excluding carboxylic acids is 1. The van der Waals surface area contributed by atoms with E-state index in [1.165, 1.54) is 12.1 Å². The molecule has 3 rings (SSSR count). The standard InChI is InChI=1S/C21H25N3O4/c1-3-28-18-9-6-16(7-10-18)15-22(2)21(25)19-14-17(24(26)27)8-11-20(19)23-12-4-5-13-23/h6-11,14H,3-5,12-13,15H2,1-2H3. The van der Waals surface area contributed by atoms with E-state index in [9.17, 15) is 14.9 Å². The lowest BCUT2D eigenvalue weighted by atomic mass is 10.1. The van der Waals surface area contributed by atoms with Crippen LogP contribution in [0.1, 0.15) is 35.7 Å². The fourth-order valence-corrected chi connectivity index (χ4v) is 3.45. The van der Waals surface area contributed by atoms with Crippen molar-refractivity contribution in [2.45, 2.75) is 26.3 Å². The molecule has 1 fully saturated rings. The van der Waals surface area contributed by atoms with Gasteiger partial charge in [-0.15, -0.1) is 0 Å². The predicted molar refractivity (Wildman–Crippen MR) is 108 cm³/mol. The monoisotopic (exact) mass is 383 g/mol. The van der Waals surface area contributed by atoms with Crippen LogP contribution in [0.15, 0.2) is 42.5 Å². The van der Waals surface area contributed by atoms with E-state index in [1.54, 1.807) is 18.0 Å². The van der Waals surface area contributed by atoms with Crippen molar-refractivity contribution in [2.24, 2.45) is 0 Å². The number of anilines is 1. The number of nitro benzene ring substituents is 1. The van der Waals surface area contributed by atoms with Gasteiger partial charge in [-0.05, 0) is 43.5 Å². The Morgan fingerprint density at radius 1 is 1.18 bits per heavy atom. The minimum absolute atomic E-state index is 0.0687. The van der Waals surface area contributed by atoms with Crippen LogP contribution in [0.25, 0.3) is 0 Å². The van der Waals surface area contributed by atoms with Crippen molar-refractivity contribution < 1.29 is 14.5 Å². The highest BCUT2D eigenvalue weighted by Crippen LogP contribution is 2.29. The number of non-ortho nitro benzene ring substituents is 1. The van der Waals surface area contributed by atoms with Gasteiger partial charge in [0.2, 0.25) is 0 Å². The first-order valence-electron chi connectivity index (χ1n) is 9.50. The Bertz CT molecular complexity index is 845. The molecule has 1 saturated heterocycles. The summed E-state index contributed by atoms with van der Waals surface area (Å²) >= 11 is 0. The van der Waals surface area contributed by atoms with E-state index in [4.69, 9.17) is 4.74 Å². The Morgan fingerprint density at radius 2 is 1.86 bits per heavy atom. The van der Waals surface area contributed by atoms with Crippen LogP contribution in [-0.2, 0) is 6.54 Å². The summed E-state index contributed by atoms with van der Waals surface area (Å²) in [5, 5.41) is 11.2. The molecule has 0 unspecified atom stereocenters. The van der Waals surface area contributed by atoms with Crippen LogP contribution in [0.5, 0.6) is 5.75 Å². The number of amides is 1. The summed E-state index contributed by atoms with van der Waals surface area (Å²) in [4.78, 5) is 27.6. The SMILES string of the molecule is CCOc1ccc(CN(C)C(=O)c2cc([N+](=O)[O-])ccc2N2CCCC2)cc1. The lowest BCUT2D eigenvalue weighted by Crippen LogP contribution is -2.29. The summed E-state index contributed by atoms with van der Waals surface area (Å²) in [6, 6.07) is 12.1. The van der Waals surface area contributed by atoms with Crippen molar-refractivity contribution >= 4 is 17.3 Å². The Hall–Kier alpha value is -3.09. The third-order valence-electron chi connectivity index (χ3n) is 4.87. The van der Waals surface area contributed by atoms with Crippen LogP contribution < -0.4 is 9.64 Å². The number of ether oxygens (including phenoxy) is 1. The Morgan fingerprint density at radius 3 is 2.46 bits per heavy atom. The number of hydrogen-bond donors (Lipinski definition) is 0. The molecular weight excluding hydrogens is 358 g/mol. The summed E-state index contributed by atoms with van der Waals surface area (Å²) < 4.78 is 5.44. The molecule has 0 bridgehead atoms. The highest BCUT2D eigenvalue weighted by atomic mass is 16.6. The molecule has 0 N–H and O–H groups in total. The maximum Gasteiger partial charge on any atom is 0.270 e. The van der Waals surface area contributed by atoms with E-state index >= 15 is 0 Å². The van der Waals surface area contributed by atoms with Crippen LogP contribution in [0.3, 0.4) is 0 Å². The van der Waals surface area contributed by atoms with Crippen molar-refractivity contribution in [1.29, 1.82) is 0 Å². The fraction of sp³-hybridized carbons (Fsp3) is 0.381. The van der Waals surface area contributed by atoms with Crippen LogP contribution in [0, 0.1) is 10.1 Å². The summed E-state index contributed by atoms with van der Waals surface area (Å²) in [6.45, 7) is 4.66. The van der Waals surface area contributed by atoms with E-state index < -0.39 is 4.92 Å². The Kier molecular flexibility index (Phi) is 6.13. The van der Waals surface area contributed by atoms with Crippen LogP contribution in [-0.4, -0.2) is 42.5 Å². The van der Waals surface area contributed by atoms with Gasteiger partial charge in [-0.25, -0.2) is 0 Å². The summed E-state index contributed by atoms with van der Waals surface area (Å²) in [5.41, 5.74) is 2.05. The topological polar surface area (TPSA) is 75.9 Å². The first-order valence-corrected chi connectivity index (χ1v) is 9.50. The minimum atomic E-state index is -0.461.